The highest BCUT2D eigenvalue weighted by molar-refractivity contribution is 9.10. The Morgan fingerprint density at radius 1 is 1.12 bits per heavy atom. The van der Waals surface area contributed by atoms with Crippen molar-refractivity contribution in [2.24, 2.45) is 5.10 Å². The van der Waals surface area contributed by atoms with Crippen molar-refractivity contribution in [1.82, 2.24) is 5.43 Å². The van der Waals surface area contributed by atoms with Gasteiger partial charge in [0.05, 0.1) is 23.4 Å². The summed E-state index contributed by atoms with van der Waals surface area (Å²) in [6.07, 6.45) is 1.37. The summed E-state index contributed by atoms with van der Waals surface area (Å²) in [5, 5.41) is 6.75. The third-order valence-electron chi connectivity index (χ3n) is 2.95. The first-order valence-electron chi connectivity index (χ1n) is 6.83. The molecule has 2 amide bonds. The van der Waals surface area contributed by atoms with Crippen molar-refractivity contribution in [2.75, 3.05) is 12.4 Å². The summed E-state index contributed by atoms with van der Waals surface area (Å²) in [6, 6.07) is 9.77. The zero-order valence-corrected chi connectivity index (χ0v) is 15.9. The molecule has 2 aromatic carbocycles. The van der Waals surface area contributed by atoms with Gasteiger partial charge in [0.25, 0.3) is 0 Å². The molecule has 25 heavy (non-hydrogen) atoms. The Bertz CT molecular complexity index is 843. The SMILES string of the molecule is COc1ccc(Br)cc1C=NNC(=O)C(=O)Nc1ccc(Cl)c(Cl)c1. The molecular formula is C16H12BrCl2N3O3. The number of ether oxygens (including phenoxy) is 1. The lowest BCUT2D eigenvalue weighted by Gasteiger charge is -2.06. The standard InChI is InChI=1S/C16H12BrCl2N3O3/c1-25-14-5-2-10(17)6-9(14)8-20-22-16(24)15(23)21-11-3-4-12(18)13(19)7-11/h2-8H,1H3,(H,21,23)(H,22,24). The average molecular weight is 445 g/mol. The summed E-state index contributed by atoms with van der Waals surface area (Å²) in [5.74, 6) is -1.26. The summed E-state index contributed by atoms with van der Waals surface area (Å²) in [4.78, 5) is 23.6. The van der Waals surface area contributed by atoms with Gasteiger partial charge in [-0.1, -0.05) is 39.1 Å². The summed E-state index contributed by atoms with van der Waals surface area (Å²) in [7, 11) is 1.52. The van der Waals surface area contributed by atoms with Crippen molar-refractivity contribution in [1.29, 1.82) is 0 Å². The number of rotatable bonds is 4. The van der Waals surface area contributed by atoms with E-state index in [0.29, 0.717) is 22.0 Å². The maximum absolute atomic E-state index is 11.8. The fourth-order valence-corrected chi connectivity index (χ4v) is 2.46. The van der Waals surface area contributed by atoms with Crippen LogP contribution in [0.3, 0.4) is 0 Å². The third-order valence-corrected chi connectivity index (χ3v) is 4.18. The Morgan fingerprint density at radius 2 is 1.88 bits per heavy atom. The number of amides is 2. The number of benzene rings is 2. The third kappa shape index (κ3) is 5.45. The molecule has 0 unspecified atom stereocenters. The van der Waals surface area contributed by atoms with E-state index in [4.69, 9.17) is 27.9 Å². The first kappa shape index (κ1) is 19.2. The molecule has 0 aliphatic heterocycles. The number of hydrogen-bond acceptors (Lipinski definition) is 4. The molecule has 0 radical (unpaired) electrons. The van der Waals surface area contributed by atoms with Crippen LogP contribution in [0.2, 0.25) is 10.0 Å². The summed E-state index contributed by atoms with van der Waals surface area (Å²) < 4.78 is 6.00. The van der Waals surface area contributed by atoms with Crippen LogP contribution in [0.1, 0.15) is 5.56 Å². The molecule has 6 nitrogen and oxygen atoms in total. The lowest BCUT2D eigenvalue weighted by atomic mass is 10.2. The highest BCUT2D eigenvalue weighted by Crippen LogP contribution is 2.25. The van der Waals surface area contributed by atoms with Crippen LogP contribution in [0.25, 0.3) is 0 Å². The van der Waals surface area contributed by atoms with E-state index in [-0.39, 0.29) is 5.02 Å². The molecular weight excluding hydrogens is 433 g/mol. The Morgan fingerprint density at radius 3 is 2.56 bits per heavy atom. The van der Waals surface area contributed by atoms with Gasteiger partial charge in [0, 0.05) is 15.7 Å². The molecule has 0 aliphatic rings. The van der Waals surface area contributed by atoms with Crippen LogP contribution >= 0.6 is 39.1 Å². The molecule has 130 valence electrons. The van der Waals surface area contributed by atoms with Crippen molar-refractivity contribution in [3.8, 4) is 5.75 Å². The molecule has 0 atom stereocenters. The second-order valence-corrected chi connectivity index (χ2v) is 6.40. The normalized spacial score (nSPS) is 10.6. The summed E-state index contributed by atoms with van der Waals surface area (Å²) >= 11 is 15.0. The first-order valence-corrected chi connectivity index (χ1v) is 8.38. The molecule has 0 saturated carbocycles. The number of nitrogens with zero attached hydrogens (tertiary/aromatic N) is 1. The van der Waals surface area contributed by atoms with Crippen LogP contribution in [-0.2, 0) is 9.59 Å². The minimum Gasteiger partial charge on any atom is -0.496 e. The van der Waals surface area contributed by atoms with E-state index < -0.39 is 11.8 Å². The number of hydrazone groups is 1. The average Bonchev–Trinajstić information content (AvgIpc) is 2.58. The van der Waals surface area contributed by atoms with E-state index in [0.717, 1.165) is 4.47 Å². The number of carbonyl (C=O) groups is 2. The molecule has 0 aliphatic carbocycles. The highest BCUT2D eigenvalue weighted by atomic mass is 79.9. The monoisotopic (exact) mass is 443 g/mol. The predicted molar refractivity (Wildman–Crippen MR) is 102 cm³/mol. The largest absolute Gasteiger partial charge is 0.496 e. The predicted octanol–water partition coefficient (Wildman–Crippen LogP) is 3.85. The maximum Gasteiger partial charge on any atom is 0.329 e. The Hall–Kier alpha value is -2.09. The number of hydrogen-bond donors (Lipinski definition) is 2. The quantitative estimate of drug-likeness (QED) is 0.427. The van der Waals surface area contributed by atoms with Crippen LogP contribution in [0.15, 0.2) is 46.0 Å². The molecule has 9 heteroatoms. The maximum atomic E-state index is 11.8. The van der Waals surface area contributed by atoms with Gasteiger partial charge in [-0.05, 0) is 36.4 Å². The number of halogens is 3. The molecule has 0 bridgehead atoms. The van der Waals surface area contributed by atoms with Gasteiger partial charge in [-0.15, -0.1) is 0 Å². The van der Waals surface area contributed by atoms with Gasteiger partial charge >= 0.3 is 11.8 Å². The molecule has 0 heterocycles. The van der Waals surface area contributed by atoms with Crippen LogP contribution in [-0.4, -0.2) is 25.1 Å². The van der Waals surface area contributed by atoms with Gasteiger partial charge in [-0.25, -0.2) is 5.43 Å². The Balaban J connectivity index is 1.98. The van der Waals surface area contributed by atoms with E-state index in [2.05, 4.69) is 31.8 Å². The molecule has 0 spiro atoms. The van der Waals surface area contributed by atoms with E-state index >= 15 is 0 Å². The number of nitrogens with one attached hydrogen (secondary N) is 2. The van der Waals surface area contributed by atoms with E-state index in [1.807, 2.05) is 0 Å². The number of methoxy groups -OCH3 is 1. The molecule has 2 aromatic rings. The van der Waals surface area contributed by atoms with Crippen molar-refractivity contribution in [3.63, 3.8) is 0 Å². The topological polar surface area (TPSA) is 79.8 Å². The Labute approximate surface area is 162 Å². The van der Waals surface area contributed by atoms with Crippen molar-refractivity contribution in [3.05, 3.63) is 56.5 Å². The second kappa shape index (κ2) is 8.84. The lowest BCUT2D eigenvalue weighted by Crippen LogP contribution is -2.32. The van der Waals surface area contributed by atoms with E-state index in [9.17, 15) is 9.59 Å². The fraction of sp³-hybridized carbons (Fsp3) is 0.0625. The van der Waals surface area contributed by atoms with Crippen molar-refractivity contribution < 1.29 is 14.3 Å². The van der Waals surface area contributed by atoms with Crippen LogP contribution in [0.5, 0.6) is 5.75 Å². The smallest absolute Gasteiger partial charge is 0.329 e. The first-order chi connectivity index (χ1) is 11.9. The molecule has 2 N–H and O–H groups in total. The number of anilines is 1. The second-order valence-electron chi connectivity index (χ2n) is 4.67. The molecule has 0 saturated heterocycles. The molecule has 0 fully saturated rings. The summed E-state index contributed by atoms with van der Waals surface area (Å²) in [5.41, 5.74) is 3.10. The van der Waals surface area contributed by atoms with E-state index in [1.165, 1.54) is 31.5 Å². The minimum atomic E-state index is -0.934. The zero-order valence-electron chi connectivity index (χ0n) is 12.8. The van der Waals surface area contributed by atoms with Gasteiger partial charge in [0.1, 0.15) is 5.75 Å². The van der Waals surface area contributed by atoms with Crippen molar-refractivity contribution in [2.45, 2.75) is 0 Å². The van der Waals surface area contributed by atoms with Crippen molar-refractivity contribution >= 4 is 62.8 Å². The van der Waals surface area contributed by atoms with Crippen LogP contribution in [0, 0.1) is 0 Å². The van der Waals surface area contributed by atoms with Crippen LogP contribution < -0.4 is 15.5 Å². The Kier molecular flexibility index (Phi) is 6.81. The summed E-state index contributed by atoms with van der Waals surface area (Å²) in [6.45, 7) is 0. The lowest BCUT2D eigenvalue weighted by molar-refractivity contribution is -0.136. The number of carbonyl (C=O) groups excluding carboxylic acids is 2. The van der Waals surface area contributed by atoms with Gasteiger partial charge in [0.15, 0.2) is 0 Å². The van der Waals surface area contributed by atoms with Crippen LogP contribution in [0.4, 0.5) is 5.69 Å². The van der Waals surface area contributed by atoms with Gasteiger partial charge in [0.2, 0.25) is 0 Å². The zero-order chi connectivity index (χ0) is 18.4. The molecule has 2 rings (SSSR count). The van der Waals surface area contributed by atoms with E-state index in [1.54, 1.807) is 18.2 Å². The fourth-order valence-electron chi connectivity index (χ4n) is 1.78. The minimum absolute atomic E-state index is 0.264. The molecule has 0 aromatic heterocycles. The van der Waals surface area contributed by atoms with Gasteiger partial charge < -0.3 is 10.1 Å². The van der Waals surface area contributed by atoms with Gasteiger partial charge in [-0.2, -0.15) is 5.10 Å². The highest BCUT2D eigenvalue weighted by Gasteiger charge is 2.13. The van der Waals surface area contributed by atoms with Gasteiger partial charge in [-0.3, -0.25) is 9.59 Å².